The first kappa shape index (κ1) is 20.2. The quantitative estimate of drug-likeness (QED) is 0.260. The number of ether oxygens (including phenoxy) is 2. The number of hydrogen-bond acceptors (Lipinski definition) is 6. The molecule has 28 heavy (non-hydrogen) atoms. The Balaban J connectivity index is 1.67. The molecule has 0 saturated heterocycles. The number of nitrogens with one attached hydrogen (secondary N) is 1. The Morgan fingerprint density at radius 3 is 2.82 bits per heavy atom. The summed E-state index contributed by atoms with van der Waals surface area (Å²) >= 11 is 7.86. The molecule has 0 saturated carbocycles. The molecule has 0 spiro atoms. The van der Waals surface area contributed by atoms with E-state index < -0.39 is 0 Å². The van der Waals surface area contributed by atoms with E-state index >= 15 is 0 Å². The van der Waals surface area contributed by atoms with Gasteiger partial charge in [-0.15, -0.1) is 11.3 Å². The minimum absolute atomic E-state index is 0.498. The van der Waals surface area contributed by atoms with Crippen molar-refractivity contribution in [3.63, 3.8) is 0 Å². The maximum Gasteiger partial charge on any atom is 0.203 e. The third kappa shape index (κ3) is 5.24. The summed E-state index contributed by atoms with van der Waals surface area (Å²) in [4.78, 5) is 4.54. The second-order valence-electron chi connectivity index (χ2n) is 6.01. The van der Waals surface area contributed by atoms with Crippen LogP contribution in [0.15, 0.2) is 52.9 Å². The largest absolute Gasteiger partial charge is 0.493 e. The van der Waals surface area contributed by atoms with Gasteiger partial charge in [0.2, 0.25) is 5.13 Å². The number of aromatic nitrogens is 1. The van der Waals surface area contributed by atoms with Crippen LogP contribution >= 0.6 is 22.9 Å². The first-order chi connectivity index (χ1) is 13.7. The molecule has 3 rings (SSSR count). The van der Waals surface area contributed by atoms with Gasteiger partial charge in [-0.1, -0.05) is 55.3 Å². The molecule has 5 nitrogen and oxygen atoms in total. The molecule has 0 atom stereocenters. The first-order valence-corrected chi connectivity index (χ1v) is 10.3. The van der Waals surface area contributed by atoms with Crippen LogP contribution in [0, 0.1) is 0 Å². The fourth-order valence-corrected chi connectivity index (χ4v) is 3.44. The molecule has 0 aliphatic rings. The SMILES string of the molecule is CCCCOc1c(Cl)cc(C=NNc2nc(-c3ccccc3)cs2)cc1OC. The molecule has 0 radical (unpaired) electrons. The molecule has 7 heteroatoms. The van der Waals surface area contributed by atoms with Crippen molar-refractivity contribution in [3.05, 3.63) is 58.4 Å². The van der Waals surface area contributed by atoms with Gasteiger partial charge in [0.05, 0.1) is 30.6 Å². The molecule has 0 aliphatic carbocycles. The lowest BCUT2D eigenvalue weighted by Gasteiger charge is -2.12. The molecule has 0 unspecified atom stereocenters. The van der Waals surface area contributed by atoms with Gasteiger partial charge in [0.25, 0.3) is 0 Å². The smallest absolute Gasteiger partial charge is 0.203 e. The average molecular weight is 416 g/mol. The standard InChI is InChI=1S/C21H22ClN3O2S/c1-3-4-10-27-20-17(22)11-15(12-19(20)26-2)13-23-25-21-24-18(14-28-21)16-8-6-5-7-9-16/h5-9,11-14H,3-4,10H2,1-2H3,(H,24,25). The third-order valence-corrected chi connectivity index (χ3v) is 4.97. The van der Waals surface area contributed by atoms with Crippen LogP contribution in [0.5, 0.6) is 11.5 Å². The summed E-state index contributed by atoms with van der Waals surface area (Å²) in [7, 11) is 1.60. The number of unbranched alkanes of at least 4 members (excludes halogenated alkanes) is 1. The van der Waals surface area contributed by atoms with Crippen LogP contribution in [-0.2, 0) is 0 Å². The van der Waals surface area contributed by atoms with Crippen molar-refractivity contribution in [1.82, 2.24) is 4.98 Å². The third-order valence-electron chi connectivity index (χ3n) is 3.94. The topological polar surface area (TPSA) is 55.7 Å². The maximum absolute atomic E-state index is 6.36. The molecule has 146 valence electrons. The Bertz CT molecular complexity index is 929. The van der Waals surface area contributed by atoms with Crippen molar-refractivity contribution in [2.45, 2.75) is 19.8 Å². The van der Waals surface area contributed by atoms with Crippen molar-refractivity contribution in [1.29, 1.82) is 0 Å². The highest BCUT2D eigenvalue weighted by atomic mass is 35.5. The van der Waals surface area contributed by atoms with E-state index in [-0.39, 0.29) is 0 Å². The zero-order valence-electron chi connectivity index (χ0n) is 15.8. The van der Waals surface area contributed by atoms with Gasteiger partial charge in [0, 0.05) is 10.9 Å². The number of nitrogens with zero attached hydrogens (tertiary/aromatic N) is 2. The predicted octanol–water partition coefficient (Wildman–Crippen LogP) is 6.10. The van der Waals surface area contributed by atoms with Gasteiger partial charge in [-0.25, -0.2) is 4.98 Å². The molecule has 2 aromatic carbocycles. The molecule has 1 heterocycles. The Labute approximate surface area is 174 Å². The van der Waals surface area contributed by atoms with E-state index in [1.54, 1.807) is 19.4 Å². The summed E-state index contributed by atoms with van der Waals surface area (Å²) in [5, 5.41) is 7.47. The summed E-state index contributed by atoms with van der Waals surface area (Å²) in [6.07, 6.45) is 3.69. The summed E-state index contributed by atoms with van der Waals surface area (Å²) in [6.45, 7) is 2.72. The highest BCUT2D eigenvalue weighted by molar-refractivity contribution is 7.14. The number of anilines is 1. The monoisotopic (exact) mass is 415 g/mol. The summed E-state index contributed by atoms with van der Waals surface area (Å²) < 4.78 is 11.2. The van der Waals surface area contributed by atoms with E-state index in [4.69, 9.17) is 21.1 Å². The molecule has 0 amide bonds. The van der Waals surface area contributed by atoms with E-state index in [2.05, 4.69) is 22.4 Å². The lowest BCUT2D eigenvalue weighted by molar-refractivity contribution is 0.288. The second-order valence-corrected chi connectivity index (χ2v) is 7.28. The van der Waals surface area contributed by atoms with E-state index in [0.29, 0.717) is 28.3 Å². The van der Waals surface area contributed by atoms with Crippen molar-refractivity contribution in [2.75, 3.05) is 19.1 Å². The zero-order chi connectivity index (χ0) is 19.8. The van der Waals surface area contributed by atoms with Crippen LogP contribution in [0.3, 0.4) is 0 Å². The number of hydrogen-bond donors (Lipinski definition) is 1. The van der Waals surface area contributed by atoms with Gasteiger partial charge in [-0.3, -0.25) is 5.43 Å². The molecule has 1 N–H and O–H groups in total. The van der Waals surface area contributed by atoms with Gasteiger partial charge in [0.1, 0.15) is 0 Å². The zero-order valence-corrected chi connectivity index (χ0v) is 17.4. The second kappa shape index (κ2) is 10.1. The number of thiazole rings is 1. The summed E-state index contributed by atoms with van der Waals surface area (Å²) in [5.41, 5.74) is 5.75. The average Bonchev–Trinajstić information content (AvgIpc) is 3.19. The maximum atomic E-state index is 6.36. The Morgan fingerprint density at radius 1 is 1.25 bits per heavy atom. The lowest BCUT2D eigenvalue weighted by atomic mass is 10.2. The first-order valence-electron chi connectivity index (χ1n) is 9.01. The fraction of sp³-hybridized carbons (Fsp3) is 0.238. The lowest BCUT2D eigenvalue weighted by Crippen LogP contribution is -2.00. The highest BCUT2D eigenvalue weighted by Gasteiger charge is 2.11. The molecular weight excluding hydrogens is 394 g/mol. The van der Waals surface area contributed by atoms with Crippen LogP contribution in [-0.4, -0.2) is 24.9 Å². The summed E-state index contributed by atoms with van der Waals surface area (Å²) in [5.74, 6) is 1.15. The Kier molecular flexibility index (Phi) is 7.28. The van der Waals surface area contributed by atoms with Gasteiger partial charge >= 0.3 is 0 Å². The van der Waals surface area contributed by atoms with Crippen LogP contribution in [0.1, 0.15) is 25.3 Å². The highest BCUT2D eigenvalue weighted by Crippen LogP contribution is 2.36. The molecule has 3 aromatic rings. The van der Waals surface area contributed by atoms with Crippen molar-refractivity contribution in [2.24, 2.45) is 5.10 Å². The van der Waals surface area contributed by atoms with Crippen LogP contribution in [0.2, 0.25) is 5.02 Å². The molecule has 0 fully saturated rings. The van der Waals surface area contributed by atoms with E-state index in [1.807, 2.05) is 41.8 Å². The Morgan fingerprint density at radius 2 is 2.07 bits per heavy atom. The molecule has 0 bridgehead atoms. The number of methoxy groups -OCH3 is 1. The van der Waals surface area contributed by atoms with Crippen LogP contribution in [0.25, 0.3) is 11.3 Å². The van der Waals surface area contributed by atoms with Crippen molar-refractivity contribution < 1.29 is 9.47 Å². The molecular formula is C21H22ClN3O2S. The number of benzene rings is 2. The van der Waals surface area contributed by atoms with Gasteiger partial charge in [-0.2, -0.15) is 5.10 Å². The minimum Gasteiger partial charge on any atom is -0.493 e. The van der Waals surface area contributed by atoms with E-state index in [1.165, 1.54) is 11.3 Å². The van der Waals surface area contributed by atoms with Gasteiger partial charge in [0.15, 0.2) is 11.5 Å². The number of hydrazone groups is 1. The van der Waals surface area contributed by atoms with Crippen molar-refractivity contribution >= 4 is 34.3 Å². The predicted molar refractivity (Wildman–Crippen MR) is 117 cm³/mol. The number of halogens is 1. The molecule has 1 aromatic heterocycles. The van der Waals surface area contributed by atoms with E-state index in [9.17, 15) is 0 Å². The van der Waals surface area contributed by atoms with Gasteiger partial charge in [-0.05, 0) is 24.1 Å². The minimum atomic E-state index is 0.498. The normalized spacial score (nSPS) is 11.0. The number of rotatable bonds is 9. The van der Waals surface area contributed by atoms with Crippen molar-refractivity contribution in [3.8, 4) is 22.8 Å². The molecule has 0 aliphatic heterocycles. The van der Waals surface area contributed by atoms with E-state index in [0.717, 1.165) is 29.7 Å². The fourth-order valence-electron chi connectivity index (χ4n) is 2.50. The van der Waals surface area contributed by atoms with Gasteiger partial charge < -0.3 is 9.47 Å². The van der Waals surface area contributed by atoms with Crippen LogP contribution < -0.4 is 14.9 Å². The Hall–Kier alpha value is -2.57. The van der Waals surface area contributed by atoms with Crippen LogP contribution in [0.4, 0.5) is 5.13 Å². The summed E-state index contributed by atoms with van der Waals surface area (Å²) in [6, 6.07) is 13.7.